The van der Waals surface area contributed by atoms with Crippen molar-refractivity contribution in [1.82, 2.24) is 9.97 Å². The first kappa shape index (κ1) is 13.9. The molecule has 2 rings (SSSR count). The highest BCUT2D eigenvalue weighted by Crippen LogP contribution is 2.22. The van der Waals surface area contributed by atoms with Crippen LogP contribution in [0, 0.1) is 17.1 Å². The van der Waals surface area contributed by atoms with Crippen LogP contribution in [-0.2, 0) is 5.41 Å². The van der Waals surface area contributed by atoms with Gasteiger partial charge in [-0.15, -0.1) is 0 Å². The van der Waals surface area contributed by atoms with Gasteiger partial charge in [-0.3, -0.25) is 4.79 Å². The van der Waals surface area contributed by atoms with Gasteiger partial charge in [-0.2, -0.15) is 5.26 Å². The second-order valence-electron chi connectivity index (χ2n) is 5.57. The van der Waals surface area contributed by atoms with Gasteiger partial charge in [0.15, 0.2) is 0 Å². The van der Waals surface area contributed by atoms with Gasteiger partial charge in [-0.05, 0) is 18.2 Å². The SMILES string of the molecule is CC(C)(C)c1nc(-c2cc(F)cc(C#N)c2)cc(=O)[nH]1. The maximum Gasteiger partial charge on any atom is 0.251 e. The van der Waals surface area contributed by atoms with Crippen LogP contribution in [0.5, 0.6) is 0 Å². The van der Waals surface area contributed by atoms with Crippen molar-refractivity contribution < 1.29 is 4.39 Å². The number of nitriles is 1. The summed E-state index contributed by atoms with van der Waals surface area (Å²) < 4.78 is 13.5. The third kappa shape index (κ3) is 2.91. The molecule has 102 valence electrons. The molecule has 0 saturated heterocycles. The van der Waals surface area contributed by atoms with Gasteiger partial charge in [0.1, 0.15) is 11.6 Å². The van der Waals surface area contributed by atoms with E-state index in [1.165, 1.54) is 18.2 Å². The first-order valence-electron chi connectivity index (χ1n) is 6.12. The minimum atomic E-state index is -0.529. The summed E-state index contributed by atoms with van der Waals surface area (Å²) in [6, 6.07) is 7.09. The zero-order valence-corrected chi connectivity index (χ0v) is 11.5. The van der Waals surface area contributed by atoms with E-state index < -0.39 is 5.82 Å². The number of nitrogens with zero attached hydrogens (tertiary/aromatic N) is 2. The quantitative estimate of drug-likeness (QED) is 0.867. The zero-order valence-electron chi connectivity index (χ0n) is 11.5. The summed E-state index contributed by atoms with van der Waals surface area (Å²) in [6.45, 7) is 5.75. The van der Waals surface area contributed by atoms with Crippen LogP contribution in [-0.4, -0.2) is 9.97 Å². The standard InChI is InChI=1S/C15H14FN3O/c1-15(2,3)14-18-12(7-13(20)19-14)10-4-9(8-17)5-11(16)6-10/h4-7H,1-3H3,(H,18,19,20). The van der Waals surface area contributed by atoms with Gasteiger partial charge >= 0.3 is 0 Å². The summed E-state index contributed by atoms with van der Waals surface area (Å²) in [5.41, 5.74) is 0.329. The van der Waals surface area contributed by atoms with Crippen LogP contribution in [0.25, 0.3) is 11.3 Å². The molecule has 5 heteroatoms. The van der Waals surface area contributed by atoms with E-state index in [2.05, 4.69) is 9.97 Å². The van der Waals surface area contributed by atoms with Gasteiger partial charge in [0.25, 0.3) is 5.56 Å². The lowest BCUT2D eigenvalue weighted by Gasteiger charge is -2.17. The van der Waals surface area contributed by atoms with E-state index in [0.29, 0.717) is 17.1 Å². The van der Waals surface area contributed by atoms with Gasteiger partial charge in [0, 0.05) is 17.0 Å². The molecule has 0 bridgehead atoms. The molecule has 0 saturated carbocycles. The smallest absolute Gasteiger partial charge is 0.251 e. The number of aromatic amines is 1. The molecule has 0 aliphatic carbocycles. The minimum absolute atomic E-state index is 0.194. The molecule has 0 unspecified atom stereocenters. The van der Waals surface area contributed by atoms with Crippen molar-refractivity contribution in [3.8, 4) is 17.3 Å². The molecule has 1 aromatic carbocycles. The summed E-state index contributed by atoms with van der Waals surface area (Å²) in [4.78, 5) is 18.8. The Kier molecular flexibility index (Phi) is 3.41. The Labute approximate surface area is 115 Å². The second kappa shape index (κ2) is 4.89. The van der Waals surface area contributed by atoms with Crippen molar-refractivity contribution in [1.29, 1.82) is 5.26 Å². The summed E-state index contributed by atoms with van der Waals surface area (Å²) in [7, 11) is 0. The number of aromatic nitrogens is 2. The number of H-pyrrole nitrogens is 1. The molecule has 4 nitrogen and oxygen atoms in total. The van der Waals surface area contributed by atoms with Crippen LogP contribution >= 0.6 is 0 Å². The van der Waals surface area contributed by atoms with Crippen molar-refractivity contribution in [3.63, 3.8) is 0 Å². The molecule has 0 radical (unpaired) electrons. The molecular formula is C15H14FN3O. The Morgan fingerprint density at radius 3 is 2.55 bits per heavy atom. The molecule has 0 aliphatic heterocycles. The number of nitrogens with one attached hydrogen (secondary N) is 1. The molecule has 0 amide bonds. The first-order chi connectivity index (χ1) is 9.29. The van der Waals surface area contributed by atoms with E-state index in [1.54, 1.807) is 0 Å². The van der Waals surface area contributed by atoms with Crippen LogP contribution in [0.1, 0.15) is 32.2 Å². The Hall–Kier alpha value is -2.48. The van der Waals surface area contributed by atoms with Crippen LogP contribution in [0.4, 0.5) is 4.39 Å². The molecule has 1 heterocycles. The molecule has 1 aromatic heterocycles. The Balaban J connectivity index is 2.65. The minimum Gasteiger partial charge on any atom is -0.310 e. The van der Waals surface area contributed by atoms with Crippen LogP contribution < -0.4 is 5.56 Å². The third-order valence-electron chi connectivity index (χ3n) is 2.77. The maximum absolute atomic E-state index is 13.5. The maximum atomic E-state index is 13.5. The highest BCUT2D eigenvalue weighted by molar-refractivity contribution is 5.61. The van der Waals surface area contributed by atoms with Crippen molar-refractivity contribution in [2.24, 2.45) is 0 Å². The summed E-state index contributed by atoms with van der Waals surface area (Å²) in [5, 5.41) is 8.87. The Bertz CT molecular complexity index is 751. The lowest BCUT2D eigenvalue weighted by Crippen LogP contribution is -2.21. The van der Waals surface area contributed by atoms with Crippen molar-refractivity contribution in [2.75, 3.05) is 0 Å². The average Bonchev–Trinajstić information content (AvgIpc) is 2.36. The van der Waals surface area contributed by atoms with Gasteiger partial charge < -0.3 is 4.98 Å². The fourth-order valence-electron chi connectivity index (χ4n) is 1.76. The zero-order chi connectivity index (χ0) is 14.9. The Morgan fingerprint density at radius 2 is 1.95 bits per heavy atom. The summed E-state index contributed by atoms with van der Waals surface area (Å²) >= 11 is 0. The molecule has 0 aliphatic rings. The lowest BCUT2D eigenvalue weighted by molar-refractivity contribution is 0.543. The van der Waals surface area contributed by atoms with E-state index in [4.69, 9.17) is 5.26 Å². The van der Waals surface area contributed by atoms with Crippen LogP contribution in [0.2, 0.25) is 0 Å². The summed E-state index contributed by atoms with van der Waals surface area (Å²) in [5.74, 6) is -0.0128. The van der Waals surface area contributed by atoms with E-state index in [9.17, 15) is 9.18 Å². The third-order valence-corrected chi connectivity index (χ3v) is 2.77. The number of hydrogen-bond donors (Lipinski definition) is 1. The molecule has 0 fully saturated rings. The highest BCUT2D eigenvalue weighted by atomic mass is 19.1. The normalized spacial score (nSPS) is 11.2. The number of hydrogen-bond acceptors (Lipinski definition) is 3. The largest absolute Gasteiger partial charge is 0.310 e. The first-order valence-corrected chi connectivity index (χ1v) is 6.12. The Morgan fingerprint density at radius 1 is 1.25 bits per heavy atom. The lowest BCUT2D eigenvalue weighted by atomic mass is 9.95. The molecule has 2 aromatic rings. The van der Waals surface area contributed by atoms with Crippen molar-refractivity contribution >= 4 is 0 Å². The molecule has 0 spiro atoms. The van der Waals surface area contributed by atoms with Crippen molar-refractivity contribution in [3.05, 3.63) is 51.8 Å². The van der Waals surface area contributed by atoms with Crippen LogP contribution in [0.3, 0.4) is 0 Å². The van der Waals surface area contributed by atoms with Crippen molar-refractivity contribution in [2.45, 2.75) is 26.2 Å². The van der Waals surface area contributed by atoms with Crippen LogP contribution in [0.15, 0.2) is 29.1 Å². The predicted octanol–water partition coefficient (Wildman–Crippen LogP) is 2.75. The van der Waals surface area contributed by atoms with E-state index in [-0.39, 0.29) is 16.5 Å². The number of benzene rings is 1. The average molecular weight is 271 g/mol. The number of halogens is 1. The van der Waals surface area contributed by atoms with Gasteiger partial charge in [0.05, 0.1) is 17.3 Å². The molecule has 0 atom stereocenters. The van der Waals surface area contributed by atoms with Gasteiger partial charge in [-0.25, -0.2) is 9.37 Å². The molecular weight excluding hydrogens is 257 g/mol. The number of rotatable bonds is 1. The topological polar surface area (TPSA) is 69.5 Å². The second-order valence-corrected chi connectivity index (χ2v) is 5.57. The monoisotopic (exact) mass is 271 g/mol. The molecule has 1 N–H and O–H groups in total. The van der Waals surface area contributed by atoms with E-state index in [1.807, 2.05) is 26.8 Å². The van der Waals surface area contributed by atoms with Gasteiger partial charge in [-0.1, -0.05) is 20.8 Å². The fraction of sp³-hybridized carbons (Fsp3) is 0.267. The fourth-order valence-corrected chi connectivity index (χ4v) is 1.76. The molecule has 20 heavy (non-hydrogen) atoms. The predicted molar refractivity (Wildman–Crippen MR) is 73.7 cm³/mol. The van der Waals surface area contributed by atoms with E-state index >= 15 is 0 Å². The highest BCUT2D eigenvalue weighted by Gasteiger charge is 2.18. The van der Waals surface area contributed by atoms with E-state index in [0.717, 1.165) is 6.07 Å². The van der Waals surface area contributed by atoms with Gasteiger partial charge in [0.2, 0.25) is 0 Å². The summed E-state index contributed by atoms with van der Waals surface area (Å²) in [6.07, 6.45) is 0.